The highest BCUT2D eigenvalue weighted by Crippen LogP contribution is 2.11. The van der Waals surface area contributed by atoms with Crippen molar-refractivity contribution in [3.63, 3.8) is 0 Å². The normalized spacial score (nSPS) is 22.2. The van der Waals surface area contributed by atoms with Crippen molar-refractivity contribution >= 4 is 0 Å². The number of pyridine rings is 1. The van der Waals surface area contributed by atoms with Gasteiger partial charge in [-0.2, -0.15) is 0 Å². The van der Waals surface area contributed by atoms with E-state index in [-0.39, 0.29) is 6.10 Å². The van der Waals surface area contributed by atoms with Crippen LogP contribution in [-0.4, -0.2) is 42.2 Å². The number of morpholine rings is 1. The van der Waals surface area contributed by atoms with Gasteiger partial charge in [-0.25, -0.2) is 0 Å². The second-order valence-corrected chi connectivity index (χ2v) is 4.23. The summed E-state index contributed by atoms with van der Waals surface area (Å²) in [5.41, 5.74) is 8.02. The van der Waals surface area contributed by atoms with Crippen molar-refractivity contribution < 1.29 is 4.74 Å². The van der Waals surface area contributed by atoms with Crippen LogP contribution in [0.5, 0.6) is 0 Å². The van der Waals surface area contributed by atoms with E-state index in [0.29, 0.717) is 6.54 Å². The van der Waals surface area contributed by atoms with Crippen LogP contribution in [0.2, 0.25) is 0 Å². The molecule has 1 aliphatic heterocycles. The second kappa shape index (κ2) is 5.39. The Bertz CT molecular complexity index is 343. The molecule has 4 nitrogen and oxygen atoms in total. The van der Waals surface area contributed by atoms with E-state index in [9.17, 15) is 0 Å². The van der Waals surface area contributed by atoms with Gasteiger partial charge in [-0.3, -0.25) is 9.88 Å². The third kappa shape index (κ3) is 2.78. The Labute approximate surface area is 96.4 Å². The molecule has 0 bridgehead atoms. The molecule has 0 aromatic carbocycles. The van der Waals surface area contributed by atoms with Gasteiger partial charge in [-0.05, 0) is 18.6 Å². The van der Waals surface area contributed by atoms with E-state index in [1.807, 2.05) is 12.3 Å². The lowest BCUT2D eigenvalue weighted by atomic mass is 10.2. The van der Waals surface area contributed by atoms with Gasteiger partial charge < -0.3 is 10.5 Å². The third-order valence-corrected chi connectivity index (χ3v) is 2.98. The van der Waals surface area contributed by atoms with Gasteiger partial charge in [0.1, 0.15) is 0 Å². The minimum atomic E-state index is 0.178. The smallest absolute Gasteiger partial charge is 0.0824 e. The number of ether oxygens (including phenoxy) is 1. The predicted octanol–water partition coefficient (Wildman–Crippen LogP) is 0.550. The summed E-state index contributed by atoms with van der Waals surface area (Å²) in [6, 6.07) is 4.07. The fraction of sp³-hybridized carbons (Fsp3) is 0.583. The first-order valence-corrected chi connectivity index (χ1v) is 5.74. The number of hydrogen-bond donors (Lipinski definition) is 1. The zero-order valence-electron chi connectivity index (χ0n) is 9.72. The molecule has 1 unspecified atom stereocenters. The molecule has 1 fully saturated rings. The highest BCUT2D eigenvalue weighted by molar-refractivity contribution is 5.17. The molecule has 16 heavy (non-hydrogen) atoms. The van der Waals surface area contributed by atoms with Crippen molar-refractivity contribution in [2.24, 2.45) is 5.73 Å². The van der Waals surface area contributed by atoms with Crippen LogP contribution >= 0.6 is 0 Å². The van der Waals surface area contributed by atoms with E-state index < -0.39 is 0 Å². The van der Waals surface area contributed by atoms with Gasteiger partial charge >= 0.3 is 0 Å². The number of nitrogens with zero attached hydrogens (tertiary/aromatic N) is 2. The van der Waals surface area contributed by atoms with E-state index in [0.717, 1.165) is 31.9 Å². The van der Waals surface area contributed by atoms with E-state index >= 15 is 0 Å². The van der Waals surface area contributed by atoms with Crippen molar-refractivity contribution in [1.29, 1.82) is 0 Å². The largest absolute Gasteiger partial charge is 0.374 e. The Kier molecular flexibility index (Phi) is 3.88. The highest BCUT2D eigenvalue weighted by Gasteiger charge is 2.19. The molecule has 1 aromatic heterocycles. The monoisotopic (exact) mass is 221 g/mol. The quantitative estimate of drug-likeness (QED) is 0.810. The first kappa shape index (κ1) is 11.5. The SMILES string of the molecule is Cc1cccnc1CN1CCOC(CN)C1. The molecule has 0 amide bonds. The molecule has 0 spiro atoms. The summed E-state index contributed by atoms with van der Waals surface area (Å²) in [6.07, 6.45) is 2.03. The first-order valence-electron chi connectivity index (χ1n) is 5.74. The topological polar surface area (TPSA) is 51.4 Å². The summed E-state index contributed by atoms with van der Waals surface area (Å²) >= 11 is 0. The van der Waals surface area contributed by atoms with E-state index in [4.69, 9.17) is 10.5 Å². The summed E-state index contributed by atoms with van der Waals surface area (Å²) in [5, 5.41) is 0. The minimum Gasteiger partial charge on any atom is -0.374 e. The van der Waals surface area contributed by atoms with E-state index in [2.05, 4.69) is 22.9 Å². The van der Waals surface area contributed by atoms with Gasteiger partial charge in [-0.15, -0.1) is 0 Å². The summed E-state index contributed by atoms with van der Waals surface area (Å²) in [4.78, 5) is 6.77. The summed E-state index contributed by atoms with van der Waals surface area (Å²) in [5.74, 6) is 0. The van der Waals surface area contributed by atoms with Crippen LogP contribution in [0.15, 0.2) is 18.3 Å². The maximum Gasteiger partial charge on any atom is 0.0824 e. The molecule has 2 rings (SSSR count). The van der Waals surface area contributed by atoms with Gasteiger partial charge in [0.05, 0.1) is 18.4 Å². The lowest BCUT2D eigenvalue weighted by molar-refractivity contribution is -0.0264. The fourth-order valence-corrected chi connectivity index (χ4v) is 1.96. The number of aryl methyl sites for hydroxylation is 1. The van der Waals surface area contributed by atoms with Crippen LogP contribution in [-0.2, 0) is 11.3 Å². The molecular formula is C12H19N3O. The Hall–Kier alpha value is -0.970. The number of nitrogens with two attached hydrogens (primary N) is 1. The molecule has 88 valence electrons. The molecule has 2 heterocycles. The van der Waals surface area contributed by atoms with Crippen molar-refractivity contribution in [2.45, 2.75) is 19.6 Å². The minimum absolute atomic E-state index is 0.178. The zero-order valence-corrected chi connectivity index (χ0v) is 9.72. The molecular weight excluding hydrogens is 202 g/mol. The first-order chi connectivity index (χ1) is 7.79. The van der Waals surface area contributed by atoms with Gasteiger partial charge in [-0.1, -0.05) is 6.07 Å². The van der Waals surface area contributed by atoms with Gasteiger partial charge in [0.25, 0.3) is 0 Å². The van der Waals surface area contributed by atoms with E-state index in [1.165, 1.54) is 5.56 Å². The third-order valence-electron chi connectivity index (χ3n) is 2.98. The Morgan fingerprint density at radius 3 is 3.25 bits per heavy atom. The molecule has 1 atom stereocenters. The van der Waals surface area contributed by atoms with Crippen LogP contribution < -0.4 is 5.73 Å². The molecule has 4 heteroatoms. The summed E-state index contributed by atoms with van der Waals surface area (Å²) in [7, 11) is 0. The van der Waals surface area contributed by atoms with Crippen molar-refractivity contribution in [1.82, 2.24) is 9.88 Å². The molecule has 0 aliphatic carbocycles. The van der Waals surface area contributed by atoms with Crippen LogP contribution in [0, 0.1) is 6.92 Å². The number of hydrogen-bond acceptors (Lipinski definition) is 4. The molecule has 2 N–H and O–H groups in total. The zero-order chi connectivity index (χ0) is 11.4. The average Bonchev–Trinajstić information content (AvgIpc) is 2.32. The summed E-state index contributed by atoms with van der Waals surface area (Å²) < 4.78 is 5.54. The predicted molar refractivity (Wildman–Crippen MR) is 63.0 cm³/mol. The van der Waals surface area contributed by atoms with Crippen molar-refractivity contribution in [2.75, 3.05) is 26.2 Å². The second-order valence-electron chi connectivity index (χ2n) is 4.23. The molecule has 1 aliphatic rings. The fourth-order valence-electron chi connectivity index (χ4n) is 1.96. The molecule has 0 radical (unpaired) electrons. The van der Waals surface area contributed by atoms with Crippen LogP contribution in [0.4, 0.5) is 0 Å². The van der Waals surface area contributed by atoms with Gasteiger partial charge in [0.2, 0.25) is 0 Å². The van der Waals surface area contributed by atoms with Gasteiger partial charge in [0, 0.05) is 32.4 Å². The van der Waals surface area contributed by atoms with Crippen LogP contribution in [0.1, 0.15) is 11.3 Å². The number of aromatic nitrogens is 1. The highest BCUT2D eigenvalue weighted by atomic mass is 16.5. The average molecular weight is 221 g/mol. The molecule has 0 saturated carbocycles. The standard InChI is InChI=1S/C12H19N3O/c1-10-3-2-4-14-12(10)9-15-5-6-16-11(7-13)8-15/h2-4,11H,5-9,13H2,1H3. The Morgan fingerprint density at radius 2 is 2.50 bits per heavy atom. The van der Waals surface area contributed by atoms with Crippen molar-refractivity contribution in [3.05, 3.63) is 29.6 Å². The molecule has 1 aromatic rings. The lowest BCUT2D eigenvalue weighted by Crippen LogP contribution is -2.45. The van der Waals surface area contributed by atoms with Crippen molar-refractivity contribution in [3.8, 4) is 0 Å². The van der Waals surface area contributed by atoms with Crippen LogP contribution in [0.3, 0.4) is 0 Å². The maximum atomic E-state index is 5.62. The number of rotatable bonds is 3. The Morgan fingerprint density at radius 1 is 1.62 bits per heavy atom. The summed E-state index contributed by atoms with van der Waals surface area (Å²) in [6.45, 7) is 6.24. The molecule has 1 saturated heterocycles. The van der Waals surface area contributed by atoms with Gasteiger partial charge in [0.15, 0.2) is 0 Å². The maximum absolute atomic E-state index is 5.62. The lowest BCUT2D eigenvalue weighted by Gasteiger charge is -2.32. The van der Waals surface area contributed by atoms with E-state index in [1.54, 1.807) is 0 Å². The Balaban J connectivity index is 1.97. The van der Waals surface area contributed by atoms with Crippen LogP contribution in [0.25, 0.3) is 0 Å².